The van der Waals surface area contributed by atoms with Gasteiger partial charge in [0, 0.05) is 12.4 Å². The molecule has 2 unspecified atom stereocenters. The van der Waals surface area contributed by atoms with Crippen molar-refractivity contribution < 1.29 is 8.42 Å². The molecule has 0 fully saturated rings. The predicted octanol–water partition coefficient (Wildman–Crippen LogP) is 3.55. The Labute approximate surface area is 136 Å². The highest BCUT2D eigenvalue weighted by Crippen LogP contribution is 2.45. The van der Waals surface area contributed by atoms with Crippen LogP contribution in [0.4, 0.5) is 0 Å². The molecule has 1 aromatic heterocycles. The fraction of sp³-hybridized carbons (Fsp3) is 0.278. The van der Waals surface area contributed by atoms with E-state index >= 15 is 0 Å². The van der Waals surface area contributed by atoms with Gasteiger partial charge in [0.2, 0.25) is 0 Å². The fourth-order valence-corrected chi connectivity index (χ4v) is 5.05. The van der Waals surface area contributed by atoms with Gasteiger partial charge in [-0.15, -0.1) is 0 Å². The number of nitrogens with zero attached hydrogens (tertiary/aromatic N) is 1. The molecule has 1 heterocycles. The van der Waals surface area contributed by atoms with Crippen molar-refractivity contribution >= 4 is 9.84 Å². The highest BCUT2D eigenvalue weighted by Gasteiger charge is 2.49. The third kappa shape index (κ3) is 2.36. The molecule has 0 saturated heterocycles. The Kier molecular flexibility index (Phi) is 3.76. The summed E-state index contributed by atoms with van der Waals surface area (Å²) in [7, 11) is -3.58. The molecule has 120 valence electrons. The molecule has 2 aromatic rings. The maximum atomic E-state index is 13.4. The van der Waals surface area contributed by atoms with Gasteiger partial charge in [0.15, 0.2) is 9.84 Å². The zero-order chi connectivity index (χ0) is 16.7. The number of rotatable bonds is 3. The number of hydrogen-bond donors (Lipinski definition) is 1. The van der Waals surface area contributed by atoms with Crippen LogP contribution in [0.25, 0.3) is 0 Å². The van der Waals surface area contributed by atoms with Crippen molar-refractivity contribution in [3.8, 4) is 0 Å². The van der Waals surface area contributed by atoms with Gasteiger partial charge >= 0.3 is 0 Å². The second kappa shape index (κ2) is 5.49. The van der Waals surface area contributed by atoms with Crippen LogP contribution in [0.15, 0.2) is 65.4 Å². The Morgan fingerprint density at radius 3 is 2.48 bits per heavy atom. The van der Waals surface area contributed by atoms with Crippen molar-refractivity contribution in [3.05, 3.63) is 71.8 Å². The minimum Gasteiger partial charge on any atom is -0.348 e. The lowest BCUT2D eigenvalue weighted by Crippen LogP contribution is -2.43. The van der Waals surface area contributed by atoms with E-state index in [9.17, 15) is 8.42 Å². The standard InChI is InChI=1S/C18H20N2O2S/c1-13-7-9-15(10-8-13)23(21,22)18(3)14(2)5-4-6-16(18)17-19-11-12-20-17/h4-12,16H,1-3H3,(H,19,20). The molecule has 2 atom stereocenters. The zero-order valence-electron chi connectivity index (χ0n) is 13.4. The van der Waals surface area contributed by atoms with Crippen LogP contribution in [0.5, 0.6) is 0 Å². The molecule has 0 aliphatic heterocycles. The van der Waals surface area contributed by atoms with E-state index in [1.165, 1.54) is 0 Å². The van der Waals surface area contributed by atoms with Gasteiger partial charge in [-0.1, -0.05) is 41.5 Å². The number of hydrogen-bond acceptors (Lipinski definition) is 3. The quantitative estimate of drug-likeness (QED) is 0.937. The molecular formula is C18H20N2O2S. The van der Waals surface area contributed by atoms with E-state index in [1.54, 1.807) is 31.5 Å². The van der Waals surface area contributed by atoms with Crippen molar-refractivity contribution in [2.75, 3.05) is 0 Å². The van der Waals surface area contributed by atoms with Crippen LogP contribution in [0.3, 0.4) is 0 Å². The Morgan fingerprint density at radius 2 is 1.87 bits per heavy atom. The van der Waals surface area contributed by atoms with Gasteiger partial charge in [-0.2, -0.15) is 0 Å². The number of imidazole rings is 1. The average molecular weight is 328 g/mol. The van der Waals surface area contributed by atoms with E-state index < -0.39 is 14.6 Å². The van der Waals surface area contributed by atoms with E-state index in [0.717, 1.165) is 11.1 Å². The molecule has 4 nitrogen and oxygen atoms in total. The first-order valence-corrected chi connectivity index (χ1v) is 9.02. The monoisotopic (exact) mass is 328 g/mol. The zero-order valence-corrected chi connectivity index (χ0v) is 14.3. The Hall–Kier alpha value is -2.14. The minimum atomic E-state index is -3.58. The Morgan fingerprint density at radius 1 is 1.17 bits per heavy atom. The van der Waals surface area contributed by atoms with Crippen LogP contribution in [0.1, 0.15) is 31.2 Å². The van der Waals surface area contributed by atoms with Crippen LogP contribution in [0.2, 0.25) is 0 Å². The van der Waals surface area contributed by atoms with E-state index in [4.69, 9.17) is 0 Å². The van der Waals surface area contributed by atoms with Gasteiger partial charge < -0.3 is 4.98 Å². The maximum absolute atomic E-state index is 13.4. The minimum absolute atomic E-state index is 0.338. The molecule has 1 aliphatic carbocycles. The van der Waals surface area contributed by atoms with E-state index in [-0.39, 0.29) is 5.92 Å². The number of H-pyrrole nitrogens is 1. The van der Waals surface area contributed by atoms with Crippen LogP contribution in [-0.4, -0.2) is 23.1 Å². The molecule has 0 bridgehead atoms. The van der Waals surface area contributed by atoms with Crippen molar-refractivity contribution in [2.45, 2.75) is 36.3 Å². The van der Waals surface area contributed by atoms with Gasteiger partial charge in [0.1, 0.15) is 10.6 Å². The summed E-state index contributed by atoms with van der Waals surface area (Å²) in [4.78, 5) is 7.69. The Balaban J connectivity index is 2.18. The summed E-state index contributed by atoms with van der Waals surface area (Å²) in [5.41, 5.74) is 1.84. The van der Waals surface area contributed by atoms with Crippen LogP contribution in [0, 0.1) is 6.92 Å². The molecule has 23 heavy (non-hydrogen) atoms. The normalized spacial score (nSPS) is 24.5. The van der Waals surface area contributed by atoms with Gasteiger partial charge in [-0.05, 0) is 32.9 Å². The van der Waals surface area contributed by atoms with Crippen LogP contribution in [-0.2, 0) is 9.84 Å². The van der Waals surface area contributed by atoms with Gasteiger partial charge in [-0.25, -0.2) is 13.4 Å². The highest BCUT2D eigenvalue weighted by atomic mass is 32.2. The second-order valence-electron chi connectivity index (χ2n) is 6.11. The summed E-state index contributed by atoms with van der Waals surface area (Å²) in [6.45, 7) is 5.59. The second-order valence-corrected chi connectivity index (χ2v) is 8.44. The third-order valence-corrected chi connectivity index (χ3v) is 7.31. The van der Waals surface area contributed by atoms with Crippen molar-refractivity contribution in [1.29, 1.82) is 0 Å². The van der Waals surface area contributed by atoms with E-state index in [2.05, 4.69) is 9.97 Å². The average Bonchev–Trinajstić information content (AvgIpc) is 3.04. The van der Waals surface area contributed by atoms with Crippen LogP contribution >= 0.6 is 0 Å². The summed E-state index contributed by atoms with van der Waals surface area (Å²) in [5.74, 6) is 0.306. The molecule has 1 aromatic carbocycles. The number of aromatic nitrogens is 2. The number of benzene rings is 1. The molecule has 0 amide bonds. The lowest BCUT2D eigenvalue weighted by Gasteiger charge is -2.37. The largest absolute Gasteiger partial charge is 0.348 e. The van der Waals surface area contributed by atoms with Crippen molar-refractivity contribution in [1.82, 2.24) is 9.97 Å². The smallest absolute Gasteiger partial charge is 0.188 e. The topological polar surface area (TPSA) is 62.8 Å². The lowest BCUT2D eigenvalue weighted by atomic mass is 9.83. The predicted molar refractivity (Wildman–Crippen MR) is 91.0 cm³/mol. The molecule has 1 aliphatic rings. The SMILES string of the molecule is CC1=CC=CC(c2ncc[nH]2)C1(C)S(=O)(=O)c1ccc(C)cc1. The van der Waals surface area contributed by atoms with Gasteiger partial charge in [0.05, 0.1) is 10.8 Å². The molecule has 0 saturated carbocycles. The summed E-state index contributed by atoms with van der Waals surface area (Å²) < 4.78 is 25.8. The number of sulfone groups is 1. The number of aryl methyl sites for hydroxylation is 1. The first kappa shape index (κ1) is 15.7. The molecule has 5 heteroatoms. The number of aromatic amines is 1. The fourth-order valence-electron chi connectivity index (χ4n) is 3.05. The summed E-state index contributed by atoms with van der Waals surface area (Å²) in [5, 5.41) is 0. The number of allylic oxidation sites excluding steroid dienone is 3. The maximum Gasteiger partial charge on any atom is 0.188 e. The molecule has 0 spiro atoms. The molecular weight excluding hydrogens is 308 g/mol. The first-order valence-electron chi connectivity index (χ1n) is 7.53. The summed E-state index contributed by atoms with van der Waals surface area (Å²) in [6, 6.07) is 7.02. The molecule has 1 N–H and O–H groups in total. The first-order chi connectivity index (χ1) is 10.9. The van der Waals surface area contributed by atoms with E-state index in [0.29, 0.717) is 10.7 Å². The molecule has 3 rings (SSSR count). The number of nitrogens with one attached hydrogen (secondary N) is 1. The molecule has 0 radical (unpaired) electrons. The highest BCUT2D eigenvalue weighted by molar-refractivity contribution is 7.93. The summed E-state index contributed by atoms with van der Waals surface area (Å²) in [6.07, 6.45) is 9.03. The summed E-state index contributed by atoms with van der Waals surface area (Å²) >= 11 is 0. The lowest BCUT2D eigenvalue weighted by molar-refractivity contribution is 0.524. The Bertz CT molecular complexity index is 862. The van der Waals surface area contributed by atoms with Crippen molar-refractivity contribution in [2.24, 2.45) is 0 Å². The van der Waals surface area contributed by atoms with Crippen molar-refractivity contribution in [3.63, 3.8) is 0 Å². The van der Waals surface area contributed by atoms with E-state index in [1.807, 2.05) is 44.2 Å². The van der Waals surface area contributed by atoms with Gasteiger partial charge in [0.25, 0.3) is 0 Å². The van der Waals surface area contributed by atoms with Crippen LogP contribution < -0.4 is 0 Å². The third-order valence-electron chi connectivity index (χ3n) is 4.73. The van der Waals surface area contributed by atoms with Gasteiger partial charge in [-0.3, -0.25) is 0 Å².